The van der Waals surface area contributed by atoms with Crippen molar-refractivity contribution in [2.24, 2.45) is 0 Å². The highest BCUT2D eigenvalue weighted by Gasteiger charge is 2.27. The molecule has 7 nitrogen and oxygen atoms in total. The maximum absolute atomic E-state index is 13.6. The number of fused-ring (bicyclic) bond motifs is 1. The zero-order valence-electron chi connectivity index (χ0n) is 22.3. The Morgan fingerprint density at radius 2 is 1.89 bits per heavy atom. The minimum atomic E-state index is 0.0753. The minimum absolute atomic E-state index is 0.0753. The first-order valence-corrected chi connectivity index (χ1v) is 13.2. The third kappa shape index (κ3) is 5.57. The van der Waals surface area contributed by atoms with Crippen molar-refractivity contribution in [2.45, 2.75) is 65.7 Å². The van der Waals surface area contributed by atoms with Crippen LogP contribution in [0.15, 0.2) is 66.0 Å². The molecule has 0 radical (unpaired) electrons. The molecule has 0 aliphatic carbocycles. The van der Waals surface area contributed by atoms with Crippen molar-refractivity contribution in [1.82, 2.24) is 24.4 Å². The molecule has 0 amide bonds. The van der Waals surface area contributed by atoms with E-state index in [1.807, 2.05) is 44.6 Å². The second kappa shape index (κ2) is 10.8. The summed E-state index contributed by atoms with van der Waals surface area (Å²) in [6, 6.07) is 12.7. The predicted octanol–water partition coefficient (Wildman–Crippen LogP) is 5.06. The highest BCUT2D eigenvalue weighted by Crippen LogP contribution is 2.25. The summed E-state index contributed by atoms with van der Waals surface area (Å²) in [7, 11) is 0. The Morgan fingerprint density at radius 3 is 2.65 bits per heavy atom. The van der Waals surface area contributed by atoms with Crippen LogP contribution < -0.4 is 10.3 Å². The van der Waals surface area contributed by atoms with Crippen molar-refractivity contribution in [3.63, 3.8) is 0 Å². The van der Waals surface area contributed by atoms with Crippen LogP contribution in [0, 0.1) is 13.8 Å². The number of piperidine rings is 1. The molecule has 0 bridgehead atoms. The van der Waals surface area contributed by atoms with E-state index >= 15 is 0 Å². The van der Waals surface area contributed by atoms with E-state index in [0.29, 0.717) is 18.0 Å². The summed E-state index contributed by atoms with van der Waals surface area (Å²) in [5, 5.41) is 0.685. The average Bonchev–Trinajstić information content (AvgIpc) is 2.90. The number of aryl methyl sites for hydroxylation is 2. The van der Waals surface area contributed by atoms with E-state index in [1.54, 1.807) is 6.20 Å². The molecule has 37 heavy (non-hydrogen) atoms. The summed E-state index contributed by atoms with van der Waals surface area (Å²) in [5.41, 5.74) is 6.05. The van der Waals surface area contributed by atoms with E-state index in [4.69, 9.17) is 0 Å². The Bertz CT molecular complexity index is 1430. The monoisotopic (exact) mass is 496 g/mol. The van der Waals surface area contributed by atoms with Crippen molar-refractivity contribution in [2.75, 3.05) is 18.0 Å². The highest BCUT2D eigenvalue weighted by atomic mass is 16.1. The molecule has 0 unspecified atom stereocenters. The van der Waals surface area contributed by atoms with Crippen LogP contribution in [0.3, 0.4) is 0 Å². The largest absolute Gasteiger partial charge is 0.369 e. The van der Waals surface area contributed by atoms with Crippen LogP contribution in [-0.2, 0) is 13.1 Å². The van der Waals surface area contributed by atoms with Crippen LogP contribution in [0.2, 0.25) is 0 Å². The molecule has 1 aliphatic rings. The van der Waals surface area contributed by atoms with Crippen molar-refractivity contribution in [3.05, 3.63) is 93.9 Å². The van der Waals surface area contributed by atoms with Gasteiger partial charge in [0.1, 0.15) is 5.65 Å². The van der Waals surface area contributed by atoms with Crippen LogP contribution in [0.25, 0.3) is 11.0 Å². The fourth-order valence-corrected chi connectivity index (χ4v) is 5.35. The van der Waals surface area contributed by atoms with Gasteiger partial charge in [-0.3, -0.25) is 19.7 Å². The van der Waals surface area contributed by atoms with Gasteiger partial charge in [-0.25, -0.2) is 4.98 Å². The van der Waals surface area contributed by atoms with Gasteiger partial charge in [0.25, 0.3) is 0 Å². The second-order valence-electron chi connectivity index (χ2n) is 10.5. The highest BCUT2D eigenvalue weighted by molar-refractivity contribution is 5.75. The van der Waals surface area contributed by atoms with E-state index in [0.717, 1.165) is 60.8 Å². The molecule has 1 fully saturated rings. The van der Waals surface area contributed by atoms with Gasteiger partial charge in [0.2, 0.25) is 0 Å². The normalized spacial score (nSPS) is 16.2. The third-order valence-corrected chi connectivity index (χ3v) is 7.31. The fourth-order valence-electron chi connectivity index (χ4n) is 5.35. The van der Waals surface area contributed by atoms with Crippen molar-refractivity contribution >= 4 is 16.7 Å². The molecule has 4 aromatic heterocycles. The molecule has 5 rings (SSSR count). The zero-order valence-corrected chi connectivity index (χ0v) is 22.3. The molecule has 0 saturated carbocycles. The fraction of sp³-hybridized carbons (Fsp3) is 0.400. The first kappa shape index (κ1) is 25.1. The van der Waals surface area contributed by atoms with Gasteiger partial charge in [-0.1, -0.05) is 0 Å². The first-order chi connectivity index (χ1) is 17.9. The molecule has 0 spiro atoms. The van der Waals surface area contributed by atoms with Crippen LogP contribution in [-0.4, -0.2) is 43.6 Å². The van der Waals surface area contributed by atoms with Gasteiger partial charge in [-0.05, 0) is 82.5 Å². The third-order valence-electron chi connectivity index (χ3n) is 7.31. The number of rotatable bonds is 7. The topological polar surface area (TPSA) is 67.2 Å². The zero-order chi connectivity index (χ0) is 25.9. The lowest BCUT2D eigenvalue weighted by Gasteiger charge is -2.40. The van der Waals surface area contributed by atoms with E-state index in [9.17, 15) is 4.79 Å². The molecule has 5 heterocycles. The van der Waals surface area contributed by atoms with Crippen LogP contribution >= 0.6 is 0 Å². The molecule has 7 heteroatoms. The standard InChI is InChI=1S/C30H36N6O/c1-21(2)36-19-25(29(37)28-8-5-12-32-30(28)36)18-35(17-24-11-13-31-23(4)15-24)27-7-6-14-34(20-27)26-10-9-22(3)33-16-26/h5,8-13,15-16,19,21,27H,6-7,14,17-18,20H2,1-4H3/t27-/m0/s1. The molecule has 0 N–H and O–H groups in total. The summed E-state index contributed by atoms with van der Waals surface area (Å²) < 4.78 is 2.13. The molecule has 4 aromatic rings. The Balaban J connectivity index is 1.50. The SMILES string of the molecule is Cc1ccc(N2CCC[C@H](N(Cc3ccnc(C)c3)Cc3cn(C(C)C)c4ncccc4c3=O)C2)cn1. The molecule has 1 saturated heterocycles. The lowest BCUT2D eigenvalue weighted by atomic mass is 10.0. The first-order valence-electron chi connectivity index (χ1n) is 13.2. The number of aromatic nitrogens is 4. The summed E-state index contributed by atoms with van der Waals surface area (Å²) >= 11 is 0. The Labute approximate surface area is 218 Å². The van der Waals surface area contributed by atoms with Gasteiger partial charge in [-0.2, -0.15) is 0 Å². The van der Waals surface area contributed by atoms with Gasteiger partial charge in [0, 0.05) is 73.8 Å². The van der Waals surface area contributed by atoms with Crippen molar-refractivity contribution in [3.8, 4) is 0 Å². The number of nitrogens with zero attached hydrogens (tertiary/aromatic N) is 6. The summed E-state index contributed by atoms with van der Waals surface area (Å²) in [4.78, 5) is 32.0. The number of pyridine rings is 4. The lowest BCUT2D eigenvalue weighted by molar-refractivity contribution is 0.158. The van der Waals surface area contributed by atoms with Crippen molar-refractivity contribution in [1.29, 1.82) is 0 Å². The Hall–Kier alpha value is -3.58. The van der Waals surface area contributed by atoms with E-state index < -0.39 is 0 Å². The van der Waals surface area contributed by atoms with E-state index in [-0.39, 0.29) is 11.5 Å². The van der Waals surface area contributed by atoms with Gasteiger partial charge in [0.05, 0.1) is 17.3 Å². The van der Waals surface area contributed by atoms with Crippen LogP contribution in [0.5, 0.6) is 0 Å². The summed E-state index contributed by atoms with van der Waals surface area (Å²) in [6.45, 7) is 11.6. The molecular weight excluding hydrogens is 460 g/mol. The molecular formula is C30H36N6O. The summed E-state index contributed by atoms with van der Waals surface area (Å²) in [6.07, 6.45) is 9.83. The van der Waals surface area contributed by atoms with Crippen LogP contribution in [0.4, 0.5) is 5.69 Å². The molecule has 0 aromatic carbocycles. The second-order valence-corrected chi connectivity index (χ2v) is 10.5. The molecule has 1 aliphatic heterocycles. The maximum atomic E-state index is 13.6. The minimum Gasteiger partial charge on any atom is -0.369 e. The predicted molar refractivity (Wildman–Crippen MR) is 149 cm³/mol. The van der Waals surface area contributed by atoms with Crippen LogP contribution in [0.1, 0.15) is 55.2 Å². The quantitative estimate of drug-likeness (QED) is 0.357. The summed E-state index contributed by atoms with van der Waals surface area (Å²) in [5.74, 6) is 0. The maximum Gasteiger partial charge on any atom is 0.195 e. The van der Waals surface area contributed by atoms with Gasteiger partial charge >= 0.3 is 0 Å². The van der Waals surface area contributed by atoms with Gasteiger partial charge in [-0.15, -0.1) is 0 Å². The molecule has 192 valence electrons. The van der Waals surface area contributed by atoms with E-state index in [1.165, 1.54) is 5.56 Å². The number of hydrogen-bond donors (Lipinski definition) is 0. The Morgan fingerprint density at radius 1 is 1.03 bits per heavy atom. The average molecular weight is 497 g/mol. The molecule has 1 atom stereocenters. The van der Waals surface area contributed by atoms with Gasteiger partial charge < -0.3 is 9.47 Å². The number of hydrogen-bond acceptors (Lipinski definition) is 6. The number of anilines is 1. The smallest absolute Gasteiger partial charge is 0.195 e. The van der Waals surface area contributed by atoms with Crippen molar-refractivity contribution < 1.29 is 0 Å². The lowest BCUT2D eigenvalue weighted by Crippen LogP contribution is -2.48. The van der Waals surface area contributed by atoms with E-state index in [2.05, 4.69) is 67.4 Å². The Kier molecular flexibility index (Phi) is 7.33. The van der Waals surface area contributed by atoms with Gasteiger partial charge in [0.15, 0.2) is 5.43 Å².